The number of thiol groups is 1. The van der Waals surface area contributed by atoms with E-state index in [0.29, 0.717) is 19.6 Å². The molecule has 0 radical (unpaired) electrons. The molecule has 0 bridgehead atoms. The van der Waals surface area contributed by atoms with Crippen LogP contribution in [-0.4, -0.2) is 45.1 Å². The molecule has 0 fully saturated rings. The summed E-state index contributed by atoms with van der Waals surface area (Å²) in [5.74, 6) is 0. The van der Waals surface area contributed by atoms with Gasteiger partial charge in [-0.25, -0.2) is 8.68 Å². The first-order valence-electron chi connectivity index (χ1n) is 4.74. The summed E-state index contributed by atoms with van der Waals surface area (Å²) in [6.07, 6.45) is -0.745. The zero-order valence-electron chi connectivity index (χ0n) is 9.73. The summed E-state index contributed by atoms with van der Waals surface area (Å²) in [7, 11) is -1.09. The van der Waals surface area contributed by atoms with Crippen molar-refractivity contribution in [1.82, 2.24) is 0 Å². The van der Waals surface area contributed by atoms with Crippen LogP contribution < -0.4 is 5.73 Å². The third-order valence-electron chi connectivity index (χ3n) is 2.31. The molecule has 0 aromatic rings. The van der Waals surface area contributed by atoms with Crippen molar-refractivity contribution in [2.24, 2.45) is 5.73 Å². The van der Waals surface area contributed by atoms with Crippen molar-refractivity contribution in [3.05, 3.63) is 0 Å². The lowest BCUT2D eigenvalue weighted by atomic mass is 10.5. The number of rotatable bonds is 4. The number of carbonyl (C=O) groups is 1. The van der Waals surface area contributed by atoms with Crippen LogP contribution in [0.25, 0.3) is 0 Å². The first-order chi connectivity index (χ1) is 6.90. The van der Waals surface area contributed by atoms with Crippen LogP contribution in [0.5, 0.6) is 0 Å². The van der Waals surface area contributed by atoms with Crippen molar-refractivity contribution in [3.8, 4) is 0 Å². The number of ether oxygens (including phenoxy) is 1. The fourth-order valence-corrected chi connectivity index (χ4v) is 1.71. The minimum atomic E-state index is -2.31. The number of amides is 1. The van der Waals surface area contributed by atoms with Crippen molar-refractivity contribution in [3.63, 3.8) is 0 Å². The molecular weight excluding hydrogens is 220 g/mol. The molecule has 15 heavy (non-hydrogen) atoms. The Kier molecular flexibility index (Phi) is 9.39. The van der Waals surface area contributed by atoms with Gasteiger partial charge >= 0.3 is 6.09 Å². The third kappa shape index (κ3) is 6.29. The molecule has 0 aliphatic rings. The van der Waals surface area contributed by atoms with Crippen LogP contribution in [0.2, 0.25) is 0 Å². The molecular formula is C8H21N2O4S+. The Morgan fingerprint density at radius 3 is 1.47 bits per heavy atom. The summed E-state index contributed by atoms with van der Waals surface area (Å²) in [6.45, 7) is 7.72. The zero-order chi connectivity index (χ0) is 12.5. The molecule has 0 unspecified atom stereocenters. The average Bonchev–Trinajstić information content (AvgIpc) is 2.21. The van der Waals surface area contributed by atoms with Crippen LogP contribution >= 0.6 is 0 Å². The lowest BCUT2D eigenvalue weighted by Gasteiger charge is -2.27. The fraction of sp³-hybridized carbons (Fsp3) is 0.875. The van der Waals surface area contributed by atoms with Gasteiger partial charge in [-0.2, -0.15) is 8.42 Å². The van der Waals surface area contributed by atoms with Gasteiger partial charge < -0.3 is 10.5 Å². The van der Waals surface area contributed by atoms with Crippen molar-refractivity contribution in [1.29, 1.82) is 0 Å². The predicted molar refractivity (Wildman–Crippen MR) is 58.8 cm³/mol. The van der Waals surface area contributed by atoms with Gasteiger partial charge in [-0.3, -0.25) is 0 Å². The highest BCUT2D eigenvalue weighted by Crippen LogP contribution is 2.04. The normalized spacial score (nSPS) is 10.5. The Hall–Kier alpha value is -0.820. The maximum atomic E-state index is 10.7. The summed E-state index contributed by atoms with van der Waals surface area (Å²) in [5.41, 5.74) is 4.43. The Bertz CT molecular complexity index is 233. The monoisotopic (exact) mass is 241 g/mol. The van der Waals surface area contributed by atoms with E-state index in [-0.39, 0.29) is 3.89 Å². The predicted octanol–water partition coefficient (Wildman–Crippen LogP) is 0.101. The number of carbonyl (C=O) groups excluding carboxylic acids is 1. The van der Waals surface area contributed by atoms with Crippen LogP contribution in [0.4, 0.5) is 4.79 Å². The van der Waals surface area contributed by atoms with E-state index in [1.807, 2.05) is 20.8 Å². The van der Waals surface area contributed by atoms with Crippen LogP contribution in [-0.2, 0) is 15.6 Å². The summed E-state index contributed by atoms with van der Waals surface area (Å²) in [6, 6.07) is 0. The Balaban J connectivity index is 0. The molecule has 0 saturated heterocycles. The molecule has 6 nitrogen and oxygen atoms in total. The number of quaternary nitrogens is 1. The molecule has 0 spiro atoms. The van der Waals surface area contributed by atoms with E-state index in [1.54, 1.807) is 0 Å². The smallest absolute Gasteiger partial charge is 0.404 e. The summed E-state index contributed by atoms with van der Waals surface area (Å²) >= 11 is 0. The Morgan fingerprint density at radius 1 is 1.20 bits per heavy atom. The molecule has 0 aliphatic heterocycles. The maximum Gasteiger partial charge on any atom is 0.404 e. The van der Waals surface area contributed by atoms with Gasteiger partial charge in [-0.05, 0) is 20.8 Å². The largest absolute Gasteiger partial charge is 0.453 e. The molecule has 2 N–H and O–H groups in total. The van der Waals surface area contributed by atoms with Gasteiger partial charge in [0.15, 0.2) is 0 Å². The molecule has 0 aliphatic carbocycles. The van der Waals surface area contributed by atoms with Gasteiger partial charge in [0.2, 0.25) is 0 Å². The van der Waals surface area contributed by atoms with Crippen LogP contribution in [0, 0.1) is 0 Å². The van der Waals surface area contributed by atoms with Gasteiger partial charge in [0.05, 0.1) is 26.7 Å². The molecule has 0 aromatic heterocycles. The quantitative estimate of drug-likeness (QED) is 0.540. The van der Waals surface area contributed by atoms with E-state index in [2.05, 4.69) is 10.5 Å². The van der Waals surface area contributed by atoms with Crippen molar-refractivity contribution in [2.45, 2.75) is 20.8 Å². The molecule has 0 saturated carbocycles. The van der Waals surface area contributed by atoms with Gasteiger partial charge in [0.1, 0.15) is 0 Å². The summed E-state index contributed by atoms with van der Waals surface area (Å²) in [4.78, 5) is 9.37. The third-order valence-corrected chi connectivity index (χ3v) is 3.85. The first kappa shape index (κ1) is 16.6. The molecule has 1 amide bonds. The highest BCUT2D eigenvalue weighted by Gasteiger charge is 2.22. The van der Waals surface area contributed by atoms with Crippen molar-refractivity contribution in [2.75, 3.05) is 26.7 Å². The Labute approximate surface area is 92.7 Å². The molecule has 0 aromatic carbocycles. The van der Waals surface area contributed by atoms with Crippen LogP contribution in [0.1, 0.15) is 20.8 Å². The second-order valence-electron chi connectivity index (χ2n) is 2.80. The molecule has 92 valence electrons. The van der Waals surface area contributed by atoms with E-state index < -0.39 is 17.0 Å². The average molecular weight is 241 g/mol. The number of hydrogen-bond donors (Lipinski definition) is 2. The Morgan fingerprint density at radius 2 is 1.47 bits per heavy atom. The highest BCUT2D eigenvalue weighted by molar-refractivity contribution is 7.66. The van der Waals surface area contributed by atoms with E-state index in [4.69, 9.17) is 0 Å². The molecule has 0 heterocycles. The van der Waals surface area contributed by atoms with Gasteiger partial charge in [0.25, 0.3) is 10.9 Å². The topological polar surface area (TPSA) is 86.5 Å². The van der Waals surface area contributed by atoms with Crippen molar-refractivity contribution < 1.29 is 21.8 Å². The minimum absolute atomic E-state index is 0.218. The van der Waals surface area contributed by atoms with Crippen molar-refractivity contribution >= 4 is 17.0 Å². The summed E-state index contributed by atoms with van der Waals surface area (Å²) in [5, 5.41) is 0. The number of hydrogen-bond acceptors (Lipinski definition) is 4. The maximum absolute atomic E-state index is 10.7. The van der Waals surface area contributed by atoms with E-state index in [9.17, 15) is 13.2 Å². The van der Waals surface area contributed by atoms with E-state index in [0.717, 1.165) is 0 Å². The van der Waals surface area contributed by atoms with E-state index >= 15 is 0 Å². The van der Waals surface area contributed by atoms with E-state index in [1.165, 1.54) is 7.11 Å². The fourth-order valence-electron chi connectivity index (χ4n) is 1.02. The summed E-state index contributed by atoms with van der Waals surface area (Å²) < 4.78 is 25.6. The zero-order valence-corrected chi connectivity index (χ0v) is 10.6. The number of methoxy groups -OCH3 is 1. The molecule has 7 heteroatoms. The minimum Gasteiger partial charge on any atom is -0.453 e. The van der Waals surface area contributed by atoms with Gasteiger partial charge in [-0.1, -0.05) is 0 Å². The second-order valence-corrected chi connectivity index (χ2v) is 4.13. The SMILES string of the molecule is CC[N+](CC)(CC)[SH](=O)=O.COC(N)=O. The highest BCUT2D eigenvalue weighted by atomic mass is 32.2. The second kappa shape index (κ2) is 8.49. The number of nitrogens with zero attached hydrogens (tertiary/aromatic N) is 1. The lowest BCUT2D eigenvalue weighted by Crippen LogP contribution is -2.45. The number of nitrogens with two attached hydrogens (primary N) is 1. The van der Waals surface area contributed by atoms with Gasteiger partial charge in [0, 0.05) is 0 Å². The molecule has 0 atom stereocenters. The number of primary amides is 1. The first-order valence-corrected chi connectivity index (χ1v) is 5.87. The van der Waals surface area contributed by atoms with Gasteiger partial charge in [-0.15, -0.1) is 0 Å². The molecule has 0 rings (SSSR count). The van der Waals surface area contributed by atoms with Crippen LogP contribution in [0.15, 0.2) is 0 Å². The standard InChI is InChI=1S/C6H16NO2S.C2H5NO2/c1-4-7(5-2,6-3)10(8)9;1-5-2(3)4/h10H,4-6H2,1-3H3;1H3,(H2,3,4)/q+1;. The van der Waals surface area contributed by atoms with Crippen LogP contribution in [0.3, 0.4) is 0 Å². The lowest BCUT2D eigenvalue weighted by molar-refractivity contribution is -0.796.